The van der Waals surface area contributed by atoms with E-state index in [0.717, 1.165) is 12.3 Å². The fourth-order valence-electron chi connectivity index (χ4n) is 2.30. The molecule has 2 heterocycles. The summed E-state index contributed by atoms with van der Waals surface area (Å²) in [6.07, 6.45) is 0.882. The Morgan fingerprint density at radius 2 is 1.85 bits per heavy atom. The lowest BCUT2D eigenvalue weighted by Crippen LogP contribution is -2.18. The highest BCUT2D eigenvalue weighted by Crippen LogP contribution is 2.29. The third kappa shape index (κ3) is 3.53. The van der Waals surface area contributed by atoms with E-state index in [1.54, 1.807) is 18.2 Å². The van der Waals surface area contributed by atoms with Crippen molar-refractivity contribution < 1.29 is 22.6 Å². The van der Waals surface area contributed by atoms with E-state index >= 15 is 0 Å². The number of hydrogen-bond donors (Lipinski definition) is 0. The first-order chi connectivity index (χ1) is 12.5. The van der Waals surface area contributed by atoms with Crippen LogP contribution in [0, 0.1) is 5.82 Å². The molecule has 0 spiro atoms. The Balaban J connectivity index is 1.94. The molecule has 0 aliphatic heterocycles. The molecule has 2 aromatic heterocycles. The number of rotatable bonds is 5. The fraction of sp³-hybridized carbons (Fsp3) is 0.111. The van der Waals surface area contributed by atoms with Crippen LogP contribution in [0.15, 0.2) is 59.5 Å². The Morgan fingerprint density at radius 3 is 2.58 bits per heavy atom. The normalized spacial score (nSPS) is 10.8. The molecule has 0 bridgehead atoms. The van der Waals surface area contributed by atoms with Crippen LogP contribution in [0.4, 0.5) is 13.2 Å². The summed E-state index contributed by atoms with van der Waals surface area (Å²) < 4.78 is 50.6. The van der Waals surface area contributed by atoms with E-state index in [1.807, 2.05) is 0 Å². The van der Waals surface area contributed by atoms with E-state index in [-0.39, 0.29) is 33.2 Å². The minimum absolute atomic E-state index is 0.000615. The van der Waals surface area contributed by atoms with Crippen LogP contribution < -0.4 is 15.0 Å². The first-order valence-corrected chi connectivity index (χ1v) is 7.47. The van der Waals surface area contributed by atoms with Crippen molar-refractivity contribution in [2.75, 3.05) is 7.11 Å². The van der Waals surface area contributed by atoms with Crippen LogP contribution in [0.25, 0.3) is 11.3 Å². The fourth-order valence-corrected chi connectivity index (χ4v) is 2.30. The third-order valence-corrected chi connectivity index (χ3v) is 3.53. The van der Waals surface area contributed by atoms with Crippen LogP contribution in [0.2, 0.25) is 0 Å². The highest BCUT2D eigenvalue weighted by Gasteiger charge is 2.13. The van der Waals surface area contributed by atoms with Gasteiger partial charge in [-0.2, -0.15) is 8.78 Å². The molecule has 3 rings (SSSR count). The Kier molecular flexibility index (Phi) is 4.92. The van der Waals surface area contributed by atoms with Crippen molar-refractivity contribution in [1.29, 1.82) is 0 Å². The number of halogens is 3. The van der Waals surface area contributed by atoms with Crippen LogP contribution >= 0.6 is 0 Å². The van der Waals surface area contributed by atoms with Gasteiger partial charge < -0.3 is 9.47 Å². The standard InChI is InChI=1S/C18H13F3N2O3/c1-25-14-6-2-4-12(17(14)19)13-5-3-7-15(22-13)26-11-8-9-16(24)23(10-11)18(20)21/h2-10,18H,1H3. The van der Waals surface area contributed by atoms with Crippen molar-refractivity contribution in [3.63, 3.8) is 0 Å². The third-order valence-electron chi connectivity index (χ3n) is 3.53. The van der Waals surface area contributed by atoms with Crippen molar-refractivity contribution >= 4 is 0 Å². The second-order valence-corrected chi connectivity index (χ2v) is 5.17. The summed E-state index contributed by atoms with van der Waals surface area (Å²) in [5, 5.41) is 0. The number of benzene rings is 1. The molecule has 0 aliphatic rings. The first-order valence-electron chi connectivity index (χ1n) is 7.47. The summed E-state index contributed by atoms with van der Waals surface area (Å²) in [5.41, 5.74) is -0.374. The number of ether oxygens (including phenoxy) is 2. The predicted molar refractivity (Wildman–Crippen MR) is 88.2 cm³/mol. The second kappa shape index (κ2) is 7.30. The quantitative estimate of drug-likeness (QED) is 0.681. The molecule has 0 fully saturated rings. The minimum atomic E-state index is -2.99. The first kappa shape index (κ1) is 17.5. The minimum Gasteiger partial charge on any atom is -0.494 e. The van der Waals surface area contributed by atoms with Gasteiger partial charge in [0.2, 0.25) is 5.88 Å². The predicted octanol–water partition coefficient (Wildman–Crippen LogP) is 4.25. The molecule has 26 heavy (non-hydrogen) atoms. The molecule has 0 aliphatic carbocycles. The highest BCUT2D eigenvalue weighted by atomic mass is 19.3. The van der Waals surface area contributed by atoms with Crippen LogP contribution in [-0.4, -0.2) is 16.7 Å². The molecule has 0 amide bonds. The van der Waals surface area contributed by atoms with Gasteiger partial charge in [-0.3, -0.25) is 9.36 Å². The van der Waals surface area contributed by atoms with Crippen molar-refractivity contribution in [2.24, 2.45) is 0 Å². The van der Waals surface area contributed by atoms with Crippen molar-refractivity contribution in [3.05, 3.63) is 70.9 Å². The molecule has 0 saturated heterocycles. The van der Waals surface area contributed by atoms with Gasteiger partial charge in [-0.15, -0.1) is 0 Å². The maximum Gasteiger partial charge on any atom is 0.321 e. The van der Waals surface area contributed by atoms with Crippen LogP contribution in [-0.2, 0) is 0 Å². The van der Waals surface area contributed by atoms with Crippen LogP contribution in [0.5, 0.6) is 17.4 Å². The summed E-state index contributed by atoms with van der Waals surface area (Å²) in [6.45, 7) is -2.99. The van der Waals surface area contributed by atoms with Gasteiger partial charge in [0.25, 0.3) is 5.56 Å². The molecule has 0 saturated carbocycles. The number of nitrogens with zero attached hydrogens (tertiary/aromatic N) is 2. The number of aromatic nitrogens is 2. The molecule has 3 aromatic rings. The average Bonchev–Trinajstić information content (AvgIpc) is 2.63. The van der Waals surface area contributed by atoms with Gasteiger partial charge in [0.05, 0.1) is 19.0 Å². The van der Waals surface area contributed by atoms with E-state index < -0.39 is 17.9 Å². The van der Waals surface area contributed by atoms with Crippen LogP contribution in [0.3, 0.4) is 0 Å². The van der Waals surface area contributed by atoms with Gasteiger partial charge >= 0.3 is 6.55 Å². The van der Waals surface area contributed by atoms with Gasteiger partial charge in [0.1, 0.15) is 5.75 Å². The van der Waals surface area contributed by atoms with Gasteiger partial charge in [0.15, 0.2) is 11.6 Å². The average molecular weight is 362 g/mol. The largest absolute Gasteiger partial charge is 0.494 e. The number of alkyl halides is 2. The van der Waals surface area contributed by atoms with E-state index in [0.29, 0.717) is 0 Å². The molecule has 0 unspecified atom stereocenters. The van der Waals surface area contributed by atoms with Crippen LogP contribution in [0.1, 0.15) is 6.55 Å². The molecule has 1 aromatic carbocycles. The molecule has 0 radical (unpaired) electrons. The Hall–Kier alpha value is -3.29. The molecule has 0 N–H and O–H groups in total. The molecule has 8 heteroatoms. The summed E-state index contributed by atoms with van der Waals surface area (Å²) >= 11 is 0. The van der Waals surface area contributed by atoms with E-state index in [1.165, 1.54) is 31.4 Å². The maximum atomic E-state index is 14.4. The lowest BCUT2D eigenvalue weighted by molar-refractivity contribution is 0.0657. The number of hydrogen-bond acceptors (Lipinski definition) is 4. The van der Waals surface area contributed by atoms with Gasteiger partial charge in [0, 0.05) is 17.7 Å². The maximum absolute atomic E-state index is 14.4. The van der Waals surface area contributed by atoms with Gasteiger partial charge in [-0.25, -0.2) is 9.37 Å². The lowest BCUT2D eigenvalue weighted by Gasteiger charge is -2.10. The SMILES string of the molecule is COc1cccc(-c2cccc(Oc3ccc(=O)n(C(F)F)c3)n2)c1F. The summed E-state index contributed by atoms with van der Waals surface area (Å²) in [5.74, 6) is -0.449. The summed E-state index contributed by atoms with van der Waals surface area (Å²) in [6, 6.07) is 11.5. The van der Waals surface area contributed by atoms with Gasteiger partial charge in [-0.05, 0) is 24.3 Å². The highest BCUT2D eigenvalue weighted by molar-refractivity contribution is 5.62. The topological polar surface area (TPSA) is 53.4 Å². The van der Waals surface area contributed by atoms with Gasteiger partial charge in [-0.1, -0.05) is 12.1 Å². The smallest absolute Gasteiger partial charge is 0.321 e. The Bertz CT molecular complexity index is 989. The number of methoxy groups -OCH3 is 1. The van der Waals surface area contributed by atoms with E-state index in [4.69, 9.17) is 9.47 Å². The van der Waals surface area contributed by atoms with E-state index in [9.17, 15) is 18.0 Å². The zero-order chi connectivity index (χ0) is 18.7. The zero-order valence-corrected chi connectivity index (χ0v) is 13.5. The molecular weight excluding hydrogens is 349 g/mol. The lowest BCUT2D eigenvalue weighted by atomic mass is 10.1. The van der Waals surface area contributed by atoms with Crippen molar-refractivity contribution in [2.45, 2.75) is 6.55 Å². The van der Waals surface area contributed by atoms with Crippen molar-refractivity contribution in [1.82, 2.24) is 9.55 Å². The molecular formula is C18H13F3N2O3. The summed E-state index contributed by atoms with van der Waals surface area (Å²) in [7, 11) is 1.35. The van der Waals surface area contributed by atoms with E-state index in [2.05, 4.69) is 4.98 Å². The Morgan fingerprint density at radius 1 is 1.08 bits per heavy atom. The Labute approximate surface area is 146 Å². The number of pyridine rings is 2. The molecule has 0 atom stereocenters. The molecule has 5 nitrogen and oxygen atoms in total. The zero-order valence-electron chi connectivity index (χ0n) is 13.5. The summed E-state index contributed by atoms with van der Waals surface area (Å²) in [4.78, 5) is 15.5. The van der Waals surface area contributed by atoms with Crippen molar-refractivity contribution in [3.8, 4) is 28.6 Å². The monoisotopic (exact) mass is 362 g/mol. The molecule has 134 valence electrons. The second-order valence-electron chi connectivity index (χ2n) is 5.17.